The highest BCUT2D eigenvalue weighted by Gasteiger charge is 2.45. The van der Waals surface area contributed by atoms with Gasteiger partial charge in [0.15, 0.2) is 0 Å². The molecule has 0 bridgehead atoms. The average molecular weight is 224 g/mol. The second-order valence-corrected chi connectivity index (χ2v) is 7.15. The van der Waals surface area contributed by atoms with Crippen molar-refractivity contribution in [3.8, 4) is 0 Å². The Balaban J connectivity index is 1.69. The van der Waals surface area contributed by atoms with Crippen LogP contribution in [-0.4, -0.2) is 25.7 Å². The summed E-state index contributed by atoms with van der Waals surface area (Å²) >= 11 is 0. The third-order valence-electron chi connectivity index (χ3n) is 4.79. The Morgan fingerprint density at radius 2 is 1.81 bits per heavy atom. The minimum atomic E-state index is 0.463. The lowest BCUT2D eigenvalue weighted by Gasteiger charge is -2.39. The van der Waals surface area contributed by atoms with Crippen molar-refractivity contribution in [1.82, 2.24) is 10.6 Å². The summed E-state index contributed by atoms with van der Waals surface area (Å²) in [6, 6.07) is 0.656. The summed E-state index contributed by atoms with van der Waals surface area (Å²) in [7, 11) is 0. The Bertz CT molecular complexity index is 245. The van der Waals surface area contributed by atoms with Gasteiger partial charge in [-0.2, -0.15) is 0 Å². The molecule has 1 aliphatic carbocycles. The van der Waals surface area contributed by atoms with Crippen molar-refractivity contribution in [3.63, 3.8) is 0 Å². The van der Waals surface area contributed by atoms with Crippen molar-refractivity contribution in [2.75, 3.05) is 19.6 Å². The maximum atomic E-state index is 3.67. The largest absolute Gasteiger partial charge is 0.315 e. The molecule has 2 nitrogen and oxygen atoms in total. The van der Waals surface area contributed by atoms with Crippen LogP contribution >= 0.6 is 0 Å². The van der Waals surface area contributed by atoms with E-state index in [4.69, 9.17) is 0 Å². The standard InChI is InChI=1S/C14H28N2/c1-13(2)6-5-7-16-12(13)10-15-9-11-8-14(11,3)4/h11-12,15-16H,5-10H2,1-4H3. The lowest BCUT2D eigenvalue weighted by atomic mass is 9.77. The maximum Gasteiger partial charge on any atom is 0.0243 e. The van der Waals surface area contributed by atoms with Crippen LogP contribution in [0.25, 0.3) is 0 Å². The molecule has 0 aromatic carbocycles. The molecule has 1 saturated carbocycles. The fourth-order valence-electron chi connectivity index (χ4n) is 2.95. The van der Waals surface area contributed by atoms with Crippen LogP contribution in [0.4, 0.5) is 0 Å². The Morgan fingerprint density at radius 3 is 2.38 bits per heavy atom. The first kappa shape index (κ1) is 12.4. The van der Waals surface area contributed by atoms with E-state index < -0.39 is 0 Å². The van der Waals surface area contributed by atoms with E-state index >= 15 is 0 Å². The van der Waals surface area contributed by atoms with Gasteiger partial charge in [0.25, 0.3) is 0 Å². The van der Waals surface area contributed by atoms with Gasteiger partial charge in [-0.05, 0) is 49.1 Å². The van der Waals surface area contributed by atoms with Crippen LogP contribution in [0, 0.1) is 16.7 Å². The van der Waals surface area contributed by atoms with Gasteiger partial charge in [0.05, 0.1) is 0 Å². The molecule has 2 heteroatoms. The van der Waals surface area contributed by atoms with Crippen LogP contribution in [0.3, 0.4) is 0 Å². The summed E-state index contributed by atoms with van der Waals surface area (Å²) in [5.41, 5.74) is 1.08. The maximum absolute atomic E-state index is 3.67. The van der Waals surface area contributed by atoms with E-state index in [1.165, 1.54) is 32.4 Å². The molecule has 2 aliphatic rings. The van der Waals surface area contributed by atoms with Crippen molar-refractivity contribution in [2.24, 2.45) is 16.7 Å². The molecule has 2 rings (SSSR count). The van der Waals surface area contributed by atoms with E-state index in [0.717, 1.165) is 12.5 Å². The summed E-state index contributed by atoms with van der Waals surface area (Å²) in [6.45, 7) is 13.1. The normalized spacial score (nSPS) is 36.0. The smallest absolute Gasteiger partial charge is 0.0243 e. The second kappa shape index (κ2) is 4.30. The molecule has 1 heterocycles. The molecule has 1 aliphatic heterocycles. The monoisotopic (exact) mass is 224 g/mol. The predicted molar refractivity (Wildman–Crippen MR) is 69.6 cm³/mol. The van der Waals surface area contributed by atoms with E-state index in [2.05, 4.69) is 38.3 Å². The fourth-order valence-corrected chi connectivity index (χ4v) is 2.95. The Kier molecular flexibility index (Phi) is 3.33. The number of hydrogen-bond donors (Lipinski definition) is 2. The molecule has 2 unspecified atom stereocenters. The van der Waals surface area contributed by atoms with Crippen molar-refractivity contribution >= 4 is 0 Å². The SMILES string of the molecule is CC1(C)CC1CNCC1NCCCC1(C)C. The molecular formula is C14H28N2. The molecule has 0 radical (unpaired) electrons. The molecule has 2 fully saturated rings. The summed E-state index contributed by atoms with van der Waals surface area (Å²) in [5.74, 6) is 0.916. The predicted octanol–water partition coefficient (Wildman–Crippen LogP) is 2.40. The molecule has 2 N–H and O–H groups in total. The summed E-state index contributed by atoms with van der Waals surface area (Å²) in [6.07, 6.45) is 4.10. The molecule has 94 valence electrons. The Morgan fingerprint density at radius 1 is 1.12 bits per heavy atom. The van der Waals surface area contributed by atoms with E-state index in [0.29, 0.717) is 16.9 Å². The number of rotatable bonds is 4. The average Bonchev–Trinajstić information content (AvgIpc) is 2.77. The molecule has 0 aromatic rings. The van der Waals surface area contributed by atoms with Crippen molar-refractivity contribution in [1.29, 1.82) is 0 Å². The second-order valence-electron chi connectivity index (χ2n) is 7.15. The lowest BCUT2D eigenvalue weighted by Crippen LogP contribution is -2.52. The third-order valence-corrected chi connectivity index (χ3v) is 4.79. The van der Waals surface area contributed by atoms with Crippen LogP contribution in [-0.2, 0) is 0 Å². The highest BCUT2D eigenvalue weighted by Crippen LogP contribution is 2.50. The van der Waals surface area contributed by atoms with Crippen LogP contribution in [0.15, 0.2) is 0 Å². The highest BCUT2D eigenvalue weighted by atomic mass is 15.0. The van der Waals surface area contributed by atoms with Gasteiger partial charge in [-0.3, -0.25) is 0 Å². The fraction of sp³-hybridized carbons (Fsp3) is 1.00. The summed E-state index contributed by atoms with van der Waals surface area (Å²) < 4.78 is 0. The first-order chi connectivity index (χ1) is 7.42. The van der Waals surface area contributed by atoms with Crippen molar-refractivity contribution in [2.45, 2.75) is 53.0 Å². The topological polar surface area (TPSA) is 24.1 Å². The Labute approximate surface area is 101 Å². The van der Waals surface area contributed by atoms with Gasteiger partial charge in [0.2, 0.25) is 0 Å². The minimum absolute atomic E-state index is 0.463. The lowest BCUT2D eigenvalue weighted by molar-refractivity contribution is 0.176. The molecule has 0 spiro atoms. The van der Waals surface area contributed by atoms with Gasteiger partial charge in [0, 0.05) is 12.6 Å². The number of hydrogen-bond acceptors (Lipinski definition) is 2. The first-order valence-corrected chi connectivity index (χ1v) is 6.86. The van der Waals surface area contributed by atoms with Gasteiger partial charge >= 0.3 is 0 Å². The van der Waals surface area contributed by atoms with Gasteiger partial charge in [-0.1, -0.05) is 27.7 Å². The quantitative estimate of drug-likeness (QED) is 0.766. The van der Waals surface area contributed by atoms with Crippen LogP contribution in [0.1, 0.15) is 47.0 Å². The molecule has 1 saturated heterocycles. The minimum Gasteiger partial charge on any atom is -0.315 e. The third kappa shape index (κ3) is 2.78. The Hall–Kier alpha value is -0.0800. The van der Waals surface area contributed by atoms with Gasteiger partial charge in [-0.25, -0.2) is 0 Å². The summed E-state index contributed by atoms with van der Waals surface area (Å²) in [5, 5.41) is 7.33. The van der Waals surface area contributed by atoms with E-state index in [-0.39, 0.29) is 0 Å². The van der Waals surface area contributed by atoms with E-state index in [1.54, 1.807) is 0 Å². The van der Waals surface area contributed by atoms with Crippen LogP contribution < -0.4 is 10.6 Å². The molecule has 16 heavy (non-hydrogen) atoms. The zero-order chi connectivity index (χ0) is 11.8. The highest BCUT2D eigenvalue weighted by molar-refractivity contribution is 4.97. The molecule has 0 amide bonds. The van der Waals surface area contributed by atoms with E-state index in [9.17, 15) is 0 Å². The van der Waals surface area contributed by atoms with Gasteiger partial charge in [-0.15, -0.1) is 0 Å². The van der Waals surface area contributed by atoms with Crippen LogP contribution in [0.2, 0.25) is 0 Å². The van der Waals surface area contributed by atoms with Gasteiger partial charge < -0.3 is 10.6 Å². The zero-order valence-electron chi connectivity index (χ0n) is 11.4. The zero-order valence-corrected chi connectivity index (χ0v) is 11.4. The van der Waals surface area contributed by atoms with Crippen molar-refractivity contribution in [3.05, 3.63) is 0 Å². The summed E-state index contributed by atoms with van der Waals surface area (Å²) in [4.78, 5) is 0. The van der Waals surface area contributed by atoms with Crippen LogP contribution in [0.5, 0.6) is 0 Å². The first-order valence-electron chi connectivity index (χ1n) is 6.86. The van der Waals surface area contributed by atoms with E-state index in [1.807, 2.05) is 0 Å². The number of nitrogens with one attached hydrogen (secondary N) is 2. The molecule has 0 aromatic heterocycles. The number of piperidine rings is 1. The van der Waals surface area contributed by atoms with Crippen molar-refractivity contribution < 1.29 is 0 Å². The molecular weight excluding hydrogens is 196 g/mol. The molecule has 2 atom stereocenters. The van der Waals surface area contributed by atoms with Gasteiger partial charge in [0.1, 0.15) is 0 Å².